The SMILES string of the molecule is COc1ccc(CCN(C)CCCC2(c3ccccc3OC)SCCCS2)cc1OC. The predicted octanol–water partition coefficient (Wildman–Crippen LogP) is 5.69. The number of hydrogen-bond acceptors (Lipinski definition) is 6. The summed E-state index contributed by atoms with van der Waals surface area (Å²) in [6.45, 7) is 2.11. The normalized spacial score (nSPS) is 15.6. The molecule has 6 heteroatoms. The van der Waals surface area contributed by atoms with Crippen molar-refractivity contribution < 1.29 is 14.2 Å². The van der Waals surface area contributed by atoms with Crippen LogP contribution in [0.3, 0.4) is 0 Å². The van der Waals surface area contributed by atoms with Crippen LogP contribution in [0, 0.1) is 0 Å². The first-order valence-electron chi connectivity index (χ1n) is 10.9. The monoisotopic (exact) mass is 461 g/mol. The van der Waals surface area contributed by atoms with Gasteiger partial charge in [0.05, 0.1) is 25.4 Å². The summed E-state index contributed by atoms with van der Waals surface area (Å²) in [6.07, 6.45) is 4.61. The van der Waals surface area contributed by atoms with Crippen LogP contribution in [0.15, 0.2) is 42.5 Å². The number of methoxy groups -OCH3 is 3. The third-order valence-corrected chi connectivity index (χ3v) is 9.23. The van der Waals surface area contributed by atoms with Crippen LogP contribution in [0.25, 0.3) is 0 Å². The Morgan fingerprint density at radius 3 is 2.29 bits per heavy atom. The predicted molar refractivity (Wildman–Crippen MR) is 134 cm³/mol. The zero-order chi connectivity index (χ0) is 22.1. The molecule has 3 rings (SSSR count). The van der Waals surface area contributed by atoms with Crippen LogP contribution < -0.4 is 14.2 Å². The van der Waals surface area contributed by atoms with Crippen LogP contribution in [-0.2, 0) is 10.5 Å². The summed E-state index contributed by atoms with van der Waals surface area (Å²) in [6, 6.07) is 14.8. The van der Waals surface area contributed by atoms with Crippen LogP contribution in [0.1, 0.15) is 30.4 Å². The van der Waals surface area contributed by atoms with Gasteiger partial charge in [0.1, 0.15) is 5.75 Å². The number of likely N-dealkylation sites (N-methyl/N-ethyl adjacent to an activating group) is 1. The fraction of sp³-hybridized carbons (Fsp3) is 0.520. The van der Waals surface area contributed by atoms with Crippen molar-refractivity contribution in [2.75, 3.05) is 53.0 Å². The minimum Gasteiger partial charge on any atom is -0.496 e. The van der Waals surface area contributed by atoms with Gasteiger partial charge in [-0.1, -0.05) is 24.3 Å². The Hall–Kier alpha value is -1.50. The van der Waals surface area contributed by atoms with E-state index in [1.165, 1.54) is 35.5 Å². The summed E-state index contributed by atoms with van der Waals surface area (Å²) < 4.78 is 16.6. The minimum absolute atomic E-state index is 0.106. The second-order valence-electron chi connectivity index (χ2n) is 7.85. The van der Waals surface area contributed by atoms with Crippen LogP contribution in [0.2, 0.25) is 0 Å². The van der Waals surface area contributed by atoms with Gasteiger partial charge in [0.2, 0.25) is 0 Å². The summed E-state index contributed by atoms with van der Waals surface area (Å²) in [5, 5.41) is 0. The number of thioether (sulfide) groups is 2. The molecule has 1 aliphatic heterocycles. The van der Waals surface area contributed by atoms with Crippen molar-refractivity contribution in [1.29, 1.82) is 0 Å². The fourth-order valence-corrected chi connectivity index (χ4v) is 7.50. The zero-order valence-electron chi connectivity index (χ0n) is 19.2. The van der Waals surface area contributed by atoms with Crippen molar-refractivity contribution >= 4 is 23.5 Å². The van der Waals surface area contributed by atoms with Crippen molar-refractivity contribution in [1.82, 2.24) is 4.90 Å². The highest BCUT2D eigenvalue weighted by Gasteiger charge is 2.37. The number of hydrogen-bond donors (Lipinski definition) is 0. The lowest BCUT2D eigenvalue weighted by molar-refractivity contribution is 0.326. The van der Waals surface area contributed by atoms with Gasteiger partial charge in [0.15, 0.2) is 11.5 Å². The zero-order valence-corrected chi connectivity index (χ0v) is 20.8. The van der Waals surface area contributed by atoms with E-state index >= 15 is 0 Å². The smallest absolute Gasteiger partial charge is 0.160 e. The molecule has 0 unspecified atom stereocenters. The van der Waals surface area contributed by atoms with Crippen LogP contribution in [0.4, 0.5) is 0 Å². The summed E-state index contributed by atoms with van der Waals surface area (Å²) >= 11 is 4.20. The highest BCUT2D eigenvalue weighted by molar-refractivity contribution is 8.18. The van der Waals surface area contributed by atoms with E-state index in [0.29, 0.717) is 0 Å². The Balaban J connectivity index is 1.56. The number of ether oxygens (including phenoxy) is 3. The third kappa shape index (κ3) is 6.27. The van der Waals surface area contributed by atoms with Crippen molar-refractivity contribution in [2.24, 2.45) is 0 Å². The average molecular weight is 462 g/mol. The molecule has 1 saturated heterocycles. The molecule has 0 bridgehead atoms. The van der Waals surface area contributed by atoms with Crippen LogP contribution in [0.5, 0.6) is 17.2 Å². The van der Waals surface area contributed by atoms with E-state index in [0.717, 1.165) is 43.2 Å². The first-order chi connectivity index (χ1) is 15.1. The lowest BCUT2D eigenvalue weighted by atomic mass is 10.1. The van der Waals surface area contributed by atoms with Crippen LogP contribution >= 0.6 is 23.5 Å². The topological polar surface area (TPSA) is 30.9 Å². The Labute approximate surface area is 196 Å². The maximum absolute atomic E-state index is 5.72. The lowest BCUT2D eigenvalue weighted by Crippen LogP contribution is -2.27. The van der Waals surface area contributed by atoms with Crippen molar-refractivity contribution in [3.05, 3.63) is 53.6 Å². The van der Waals surface area contributed by atoms with E-state index in [-0.39, 0.29) is 4.08 Å². The second kappa shape index (κ2) is 11.9. The molecule has 0 aromatic heterocycles. The van der Waals surface area contributed by atoms with Gasteiger partial charge in [-0.15, -0.1) is 23.5 Å². The van der Waals surface area contributed by atoms with Gasteiger partial charge in [-0.3, -0.25) is 0 Å². The Morgan fingerprint density at radius 1 is 0.871 bits per heavy atom. The molecule has 2 aromatic rings. The number of para-hydroxylation sites is 1. The maximum Gasteiger partial charge on any atom is 0.160 e. The molecule has 31 heavy (non-hydrogen) atoms. The van der Waals surface area contributed by atoms with E-state index in [9.17, 15) is 0 Å². The van der Waals surface area contributed by atoms with E-state index in [1.54, 1.807) is 21.3 Å². The number of nitrogens with zero attached hydrogens (tertiary/aromatic N) is 1. The highest BCUT2D eigenvalue weighted by Crippen LogP contribution is 2.55. The molecule has 1 heterocycles. The molecule has 0 atom stereocenters. The molecule has 4 nitrogen and oxygen atoms in total. The van der Waals surface area contributed by atoms with Gasteiger partial charge in [0.25, 0.3) is 0 Å². The molecule has 170 valence electrons. The van der Waals surface area contributed by atoms with E-state index in [1.807, 2.05) is 6.07 Å². The minimum atomic E-state index is 0.106. The van der Waals surface area contributed by atoms with Gasteiger partial charge in [-0.05, 0) is 74.5 Å². The fourth-order valence-electron chi connectivity index (χ4n) is 4.02. The first-order valence-corrected chi connectivity index (χ1v) is 12.9. The molecular formula is C25H35NO3S2. The largest absolute Gasteiger partial charge is 0.496 e. The Morgan fingerprint density at radius 2 is 1.58 bits per heavy atom. The average Bonchev–Trinajstić information content (AvgIpc) is 2.83. The van der Waals surface area contributed by atoms with Gasteiger partial charge < -0.3 is 19.1 Å². The van der Waals surface area contributed by atoms with Gasteiger partial charge in [-0.25, -0.2) is 0 Å². The molecule has 0 spiro atoms. The van der Waals surface area contributed by atoms with Gasteiger partial charge in [0, 0.05) is 12.1 Å². The van der Waals surface area contributed by atoms with Crippen LogP contribution in [-0.4, -0.2) is 57.9 Å². The number of rotatable bonds is 11. The van der Waals surface area contributed by atoms with E-state index < -0.39 is 0 Å². The number of benzene rings is 2. The summed E-state index contributed by atoms with van der Waals surface area (Å²) in [5.41, 5.74) is 2.62. The molecule has 1 fully saturated rings. The summed E-state index contributed by atoms with van der Waals surface area (Å²) in [5.74, 6) is 5.04. The maximum atomic E-state index is 5.72. The molecule has 0 aliphatic carbocycles. The molecule has 1 aliphatic rings. The summed E-state index contributed by atoms with van der Waals surface area (Å²) in [4.78, 5) is 2.44. The van der Waals surface area contributed by atoms with Crippen molar-refractivity contribution in [2.45, 2.75) is 29.8 Å². The van der Waals surface area contributed by atoms with Gasteiger partial charge >= 0.3 is 0 Å². The molecule has 2 aromatic carbocycles. The lowest BCUT2D eigenvalue weighted by Gasteiger charge is -2.38. The van der Waals surface area contributed by atoms with Gasteiger partial charge in [-0.2, -0.15) is 0 Å². The molecule has 0 amide bonds. The van der Waals surface area contributed by atoms with E-state index in [4.69, 9.17) is 14.2 Å². The standard InChI is InChI=1S/C25H35NO3S2/c1-26(16-13-20-11-12-23(28-3)24(19-20)29-4)15-7-14-25(30-17-8-18-31-25)21-9-5-6-10-22(21)27-2/h5-6,9-12,19H,7-8,13-18H2,1-4H3. The van der Waals surface area contributed by atoms with E-state index in [2.05, 4.69) is 71.9 Å². The molecule has 0 radical (unpaired) electrons. The molecule has 0 saturated carbocycles. The summed E-state index contributed by atoms with van der Waals surface area (Å²) in [7, 11) is 7.36. The highest BCUT2D eigenvalue weighted by atomic mass is 32.2. The van der Waals surface area contributed by atoms with Crippen molar-refractivity contribution in [3.8, 4) is 17.2 Å². The Kier molecular flexibility index (Phi) is 9.30. The third-order valence-electron chi connectivity index (χ3n) is 5.75. The quantitative estimate of drug-likeness (QED) is 0.427. The Bertz CT molecular complexity index is 824. The second-order valence-corrected chi connectivity index (χ2v) is 10.9. The molecular weight excluding hydrogens is 426 g/mol. The van der Waals surface area contributed by atoms with Crippen molar-refractivity contribution in [3.63, 3.8) is 0 Å². The molecule has 0 N–H and O–H groups in total. The first kappa shape index (κ1) is 24.1.